The molecule has 0 aromatic heterocycles. The summed E-state index contributed by atoms with van der Waals surface area (Å²) in [7, 11) is 0. The number of benzene rings is 1. The summed E-state index contributed by atoms with van der Waals surface area (Å²) in [6.07, 6.45) is 15.0. The van der Waals surface area contributed by atoms with Gasteiger partial charge >= 0.3 is 5.97 Å². The minimum atomic E-state index is -0.497. The number of allylic oxidation sites excluding steroid dienone is 4. The first-order valence-electron chi connectivity index (χ1n) is 13.0. The number of hydrogen-bond donors (Lipinski definition) is 1. The second-order valence-electron chi connectivity index (χ2n) is 10.5. The second kappa shape index (κ2) is 9.95. The number of aryl methyl sites for hydroxylation is 1. The Morgan fingerprint density at radius 3 is 2.82 bits per heavy atom. The van der Waals surface area contributed by atoms with E-state index in [4.69, 9.17) is 4.74 Å². The molecular weight excluding hydrogens is 422 g/mol. The Kier molecular flexibility index (Phi) is 6.78. The maximum Gasteiger partial charge on any atom is 0.307 e. The molecule has 1 unspecified atom stereocenters. The van der Waals surface area contributed by atoms with E-state index in [1.165, 1.54) is 42.0 Å². The fourth-order valence-electron chi connectivity index (χ4n) is 6.35. The van der Waals surface area contributed by atoms with Crippen LogP contribution in [-0.4, -0.2) is 34.7 Å². The Morgan fingerprint density at radius 2 is 2.03 bits per heavy atom. The van der Waals surface area contributed by atoms with Crippen molar-refractivity contribution in [3.8, 4) is 0 Å². The predicted molar refractivity (Wildman–Crippen MR) is 135 cm³/mol. The van der Waals surface area contributed by atoms with Gasteiger partial charge in [0.25, 0.3) is 0 Å². The van der Waals surface area contributed by atoms with Crippen LogP contribution in [0.15, 0.2) is 76.7 Å². The van der Waals surface area contributed by atoms with Gasteiger partial charge in [0.05, 0.1) is 17.8 Å². The number of fused-ring (bicyclic) bond motifs is 5. The van der Waals surface area contributed by atoms with Crippen LogP contribution in [0.5, 0.6) is 0 Å². The van der Waals surface area contributed by atoms with Gasteiger partial charge in [-0.15, -0.1) is 0 Å². The molecule has 34 heavy (non-hydrogen) atoms. The number of rotatable bonds is 6. The summed E-state index contributed by atoms with van der Waals surface area (Å²) in [5.74, 6) is 1.07. The van der Waals surface area contributed by atoms with Crippen molar-refractivity contribution in [1.82, 2.24) is 4.90 Å². The molecule has 2 aliphatic heterocycles. The van der Waals surface area contributed by atoms with E-state index in [1.54, 1.807) is 0 Å². The Labute approximate surface area is 203 Å². The quantitative estimate of drug-likeness (QED) is 0.542. The molecule has 4 aliphatic rings. The number of nitrogens with zero attached hydrogens (tertiary/aromatic N) is 1. The van der Waals surface area contributed by atoms with Gasteiger partial charge in [0.2, 0.25) is 0 Å². The largest absolute Gasteiger partial charge is 0.429 e. The van der Waals surface area contributed by atoms with Crippen LogP contribution < -0.4 is 0 Å². The third-order valence-electron chi connectivity index (χ3n) is 7.85. The topological polar surface area (TPSA) is 49.8 Å². The lowest BCUT2D eigenvalue weighted by Gasteiger charge is -2.50. The molecule has 0 bridgehead atoms. The SMILES string of the molecule is CC(=O)OC1=C2C3C=C(C[C@@H](C)CCc4ccccc4)C=CC3=C3CCCC[C@@H]3N2C[C@H](O)C1. The van der Waals surface area contributed by atoms with Gasteiger partial charge in [-0.2, -0.15) is 0 Å². The summed E-state index contributed by atoms with van der Waals surface area (Å²) >= 11 is 0. The van der Waals surface area contributed by atoms with Gasteiger partial charge in [0, 0.05) is 25.8 Å². The summed E-state index contributed by atoms with van der Waals surface area (Å²) in [6.45, 7) is 4.43. The molecule has 180 valence electrons. The van der Waals surface area contributed by atoms with Crippen LogP contribution in [0, 0.1) is 11.8 Å². The molecule has 1 aromatic rings. The number of ether oxygens (including phenoxy) is 1. The van der Waals surface area contributed by atoms with Crippen molar-refractivity contribution < 1.29 is 14.6 Å². The zero-order valence-corrected chi connectivity index (χ0v) is 20.5. The summed E-state index contributed by atoms with van der Waals surface area (Å²) in [5.41, 5.74) is 6.81. The van der Waals surface area contributed by atoms with E-state index in [1.807, 2.05) is 0 Å². The second-order valence-corrected chi connectivity index (χ2v) is 10.5. The molecule has 1 saturated carbocycles. The number of aliphatic hydroxyl groups excluding tert-OH is 1. The molecule has 4 heteroatoms. The van der Waals surface area contributed by atoms with Gasteiger partial charge in [-0.1, -0.05) is 67.5 Å². The van der Waals surface area contributed by atoms with Crippen LogP contribution in [0.4, 0.5) is 0 Å². The summed E-state index contributed by atoms with van der Waals surface area (Å²) in [6, 6.07) is 11.0. The number of hydrogen-bond acceptors (Lipinski definition) is 4. The lowest BCUT2D eigenvalue weighted by atomic mass is 9.72. The maximum absolute atomic E-state index is 11.9. The maximum atomic E-state index is 11.9. The third kappa shape index (κ3) is 4.79. The van der Waals surface area contributed by atoms with E-state index in [2.05, 4.69) is 60.4 Å². The fourth-order valence-corrected chi connectivity index (χ4v) is 6.35. The highest BCUT2D eigenvalue weighted by Crippen LogP contribution is 2.48. The molecule has 0 saturated heterocycles. The van der Waals surface area contributed by atoms with E-state index >= 15 is 0 Å². The molecule has 4 atom stereocenters. The van der Waals surface area contributed by atoms with Crippen LogP contribution in [0.2, 0.25) is 0 Å². The molecular formula is C30H37NO3. The number of aliphatic hydroxyl groups is 1. The first kappa shape index (κ1) is 23.2. The van der Waals surface area contributed by atoms with Crippen molar-refractivity contribution in [3.05, 3.63) is 82.3 Å². The van der Waals surface area contributed by atoms with Gasteiger partial charge < -0.3 is 14.7 Å². The van der Waals surface area contributed by atoms with Crippen LogP contribution >= 0.6 is 0 Å². The Morgan fingerprint density at radius 1 is 1.21 bits per heavy atom. The lowest BCUT2D eigenvalue weighted by Crippen LogP contribution is -2.50. The number of esters is 1. The fraction of sp³-hybridized carbons (Fsp3) is 0.500. The average Bonchev–Trinajstić information content (AvgIpc) is 2.83. The Balaban J connectivity index is 1.43. The zero-order valence-electron chi connectivity index (χ0n) is 20.5. The minimum Gasteiger partial charge on any atom is -0.429 e. The van der Waals surface area contributed by atoms with Crippen molar-refractivity contribution in [1.29, 1.82) is 0 Å². The monoisotopic (exact) mass is 459 g/mol. The molecule has 1 fully saturated rings. The zero-order chi connectivity index (χ0) is 23.7. The molecule has 0 spiro atoms. The summed E-state index contributed by atoms with van der Waals surface area (Å²) in [5, 5.41) is 10.6. The van der Waals surface area contributed by atoms with Crippen molar-refractivity contribution in [2.75, 3.05) is 6.54 Å². The first-order chi connectivity index (χ1) is 16.5. The molecule has 2 aliphatic carbocycles. The minimum absolute atomic E-state index is 0.118. The molecule has 0 radical (unpaired) electrons. The highest BCUT2D eigenvalue weighted by Gasteiger charge is 2.43. The van der Waals surface area contributed by atoms with Gasteiger partial charge in [-0.3, -0.25) is 4.79 Å². The van der Waals surface area contributed by atoms with Crippen molar-refractivity contribution >= 4 is 5.97 Å². The third-order valence-corrected chi connectivity index (χ3v) is 7.85. The Bertz CT molecular complexity index is 1050. The standard InChI is InChI=1S/C30H37NO3/c1-20(12-13-22-8-4-3-5-9-22)16-23-14-15-25-26-10-6-7-11-28(26)31-19-24(33)18-29(34-21(2)32)30(31)27(25)17-23/h3-5,8-9,14-15,17,20,24,27-28,33H,6-7,10-13,16,18-19H2,1-2H3/t20-,24+,27?,28-/m0/s1. The predicted octanol–water partition coefficient (Wildman–Crippen LogP) is 5.85. The molecule has 5 rings (SSSR count). The van der Waals surface area contributed by atoms with Crippen molar-refractivity contribution in [3.63, 3.8) is 0 Å². The smallest absolute Gasteiger partial charge is 0.307 e. The van der Waals surface area contributed by atoms with E-state index in [9.17, 15) is 9.90 Å². The van der Waals surface area contributed by atoms with Crippen molar-refractivity contribution in [2.45, 2.75) is 77.4 Å². The summed E-state index contributed by atoms with van der Waals surface area (Å²) in [4.78, 5) is 14.3. The van der Waals surface area contributed by atoms with Gasteiger partial charge in [-0.05, 0) is 61.2 Å². The highest BCUT2D eigenvalue weighted by molar-refractivity contribution is 5.67. The number of carbonyl (C=O) groups is 1. The Hall–Kier alpha value is -2.59. The van der Waals surface area contributed by atoms with Crippen LogP contribution in [0.25, 0.3) is 0 Å². The summed E-state index contributed by atoms with van der Waals surface area (Å²) < 4.78 is 5.73. The molecule has 2 heterocycles. The molecule has 0 amide bonds. The highest BCUT2D eigenvalue weighted by atomic mass is 16.5. The van der Waals surface area contributed by atoms with E-state index in [0.717, 1.165) is 37.8 Å². The number of carbonyl (C=O) groups excluding carboxylic acids is 1. The first-order valence-corrected chi connectivity index (χ1v) is 13.0. The van der Waals surface area contributed by atoms with Crippen LogP contribution in [-0.2, 0) is 16.0 Å². The average molecular weight is 460 g/mol. The van der Waals surface area contributed by atoms with Gasteiger partial charge in [0.15, 0.2) is 0 Å². The normalized spacial score (nSPS) is 27.0. The molecule has 1 aromatic carbocycles. The van der Waals surface area contributed by atoms with Crippen molar-refractivity contribution in [2.24, 2.45) is 11.8 Å². The van der Waals surface area contributed by atoms with Gasteiger partial charge in [-0.25, -0.2) is 0 Å². The van der Waals surface area contributed by atoms with Crippen LogP contribution in [0.1, 0.15) is 64.4 Å². The van der Waals surface area contributed by atoms with E-state index in [-0.39, 0.29) is 11.9 Å². The van der Waals surface area contributed by atoms with Crippen LogP contribution in [0.3, 0.4) is 0 Å². The van der Waals surface area contributed by atoms with E-state index < -0.39 is 6.10 Å². The molecule has 1 N–H and O–H groups in total. The lowest BCUT2D eigenvalue weighted by molar-refractivity contribution is -0.138. The van der Waals surface area contributed by atoms with E-state index in [0.29, 0.717) is 30.7 Å². The molecule has 4 nitrogen and oxygen atoms in total. The van der Waals surface area contributed by atoms with Gasteiger partial charge in [0.1, 0.15) is 5.76 Å².